The molecule has 2 aromatic rings. The number of hydrogen-bond acceptors (Lipinski definition) is 14. The molecule has 2 saturated heterocycles. The summed E-state index contributed by atoms with van der Waals surface area (Å²) in [5.41, 5.74) is -1.03. The average molecular weight is 603 g/mol. The van der Waals surface area contributed by atoms with Crippen LogP contribution in [0.1, 0.15) is 30.1 Å². The maximum absolute atomic E-state index is 12.9. The number of carbonyl (C=O) groups is 1. The molecule has 0 aromatic heterocycles. The topological polar surface area (TPSA) is 236 Å². The van der Waals surface area contributed by atoms with Crippen LogP contribution in [0.5, 0.6) is 28.7 Å². The smallest absolute Gasteiger partial charge is 0.331 e. The number of rotatable bonds is 7. The Bertz CT molecular complexity index is 1470. The summed E-state index contributed by atoms with van der Waals surface area (Å²) in [5, 5.41) is 89.5. The molecule has 0 radical (unpaired) electrons. The molecule has 2 aromatic carbocycles. The van der Waals surface area contributed by atoms with Gasteiger partial charge in [0.15, 0.2) is 28.7 Å². The minimum Gasteiger partial charge on any atom is -0.512 e. The molecule has 2 heterocycles. The van der Waals surface area contributed by atoms with Gasteiger partial charge >= 0.3 is 5.97 Å². The Labute approximate surface area is 243 Å². The van der Waals surface area contributed by atoms with Crippen LogP contribution in [0.3, 0.4) is 0 Å². The molecule has 230 valence electrons. The monoisotopic (exact) mass is 602 g/mol. The summed E-state index contributed by atoms with van der Waals surface area (Å²) < 4.78 is 23.1. The highest BCUT2D eigenvalue weighted by molar-refractivity contribution is 5.87. The Morgan fingerprint density at radius 3 is 2.37 bits per heavy atom. The zero-order chi connectivity index (χ0) is 31.1. The van der Waals surface area contributed by atoms with Crippen LogP contribution in [0.15, 0.2) is 59.6 Å². The van der Waals surface area contributed by atoms with E-state index in [2.05, 4.69) is 0 Å². The second kappa shape index (κ2) is 11.7. The average Bonchev–Trinajstić information content (AvgIpc) is 3.25. The van der Waals surface area contributed by atoms with Crippen LogP contribution in [0.25, 0.3) is 6.08 Å². The Balaban J connectivity index is 1.44. The quantitative estimate of drug-likeness (QED) is 0.123. The second-order valence-corrected chi connectivity index (χ2v) is 10.4. The fourth-order valence-corrected chi connectivity index (χ4v) is 5.04. The van der Waals surface area contributed by atoms with Crippen molar-refractivity contribution < 1.29 is 69.7 Å². The molecular weight excluding hydrogens is 572 g/mol. The van der Waals surface area contributed by atoms with Crippen molar-refractivity contribution in [2.24, 2.45) is 0 Å². The van der Waals surface area contributed by atoms with Crippen molar-refractivity contribution in [1.82, 2.24) is 0 Å². The molecule has 14 heteroatoms. The zero-order valence-electron chi connectivity index (χ0n) is 22.4. The number of fused-ring (bicyclic) bond motifs is 1. The molecule has 43 heavy (non-hydrogen) atoms. The molecule has 0 bridgehead atoms. The van der Waals surface area contributed by atoms with Gasteiger partial charge in [0.25, 0.3) is 0 Å². The molecule has 14 nitrogen and oxygen atoms in total. The van der Waals surface area contributed by atoms with E-state index >= 15 is 0 Å². The third-order valence-corrected chi connectivity index (χ3v) is 7.39. The van der Waals surface area contributed by atoms with E-state index in [-0.39, 0.29) is 35.7 Å². The van der Waals surface area contributed by atoms with E-state index in [1.54, 1.807) is 0 Å². The van der Waals surface area contributed by atoms with Gasteiger partial charge in [0.1, 0.15) is 29.7 Å². The van der Waals surface area contributed by atoms with E-state index in [0.29, 0.717) is 11.1 Å². The Kier molecular flexibility index (Phi) is 8.14. The first-order chi connectivity index (χ1) is 20.4. The molecule has 5 rings (SSSR count). The normalized spacial score (nSPS) is 28.9. The summed E-state index contributed by atoms with van der Waals surface area (Å²) in [6, 6.07) is 6.16. The van der Waals surface area contributed by atoms with Crippen LogP contribution >= 0.6 is 0 Å². The minimum absolute atomic E-state index is 0.00578. The van der Waals surface area contributed by atoms with E-state index in [1.807, 2.05) is 0 Å². The highest BCUT2D eigenvalue weighted by Gasteiger charge is 2.50. The molecule has 9 N–H and O–H groups in total. The first-order valence-corrected chi connectivity index (χ1v) is 13.1. The molecule has 0 saturated carbocycles. The van der Waals surface area contributed by atoms with Crippen LogP contribution in [-0.2, 0) is 23.7 Å². The van der Waals surface area contributed by atoms with Crippen LogP contribution < -0.4 is 0 Å². The predicted molar refractivity (Wildman–Crippen MR) is 144 cm³/mol. The molecule has 1 aliphatic carbocycles. The fraction of sp³-hybridized carbons (Fsp3) is 0.345. The van der Waals surface area contributed by atoms with Crippen LogP contribution in [0, 0.1) is 0 Å². The van der Waals surface area contributed by atoms with Gasteiger partial charge in [-0.15, -0.1) is 0 Å². The summed E-state index contributed by atoms with van der Waals surface area (Å²) in [5.74, 6) is -3.74. The molecule has 2 aliphatic heterocycles. The number of aromatic hydroxyl groups is 5. The van der Waals surface area contributed by atoms with E-state index in [0.717, 1.165) is 18.2 Å². The fourth-order valence-electron chi connectivity index (χ4n) is 5.04. The van der Waals surface area contributed by atoms with E-state index in [4.69, 9.17) is 18.9 Å². The maximum atomic E-state index is 12.9. The van der Waals surface area contributed by atoms with Gasteiger partial charge in [0, 0.05) is 30.6 Å². The number of hydrogen-bond donors (Lipinski definition) is 9. The van der Waals surface area contributed by atoms with Crippen molar-refractivity contribution in [3.05, 3.63) is 70.7 Å². The molecule has 4 unspecified atom stereocenters. The SMILES string of the molecule is O=C(/C=C/c1cc(O)c(O)c(O)c1)O[C@H]1CC2=C(OC3OCC(O)(CO)C3O)C=C(O)CC2O[C@@H]1c1ccc(O)c(O)c1. The number of aliphatic hydroxyl groups is 4. The molecule has 3 aliphatic rings. The summed E-state index contributed by atoms with van der Waals surface area (Å²) >= 11 is 0. The van der Waals surface area contributed by atoms with Crippen molar-refractivity contribution >= 4 is 12.0 Å². The van der Waals surface area contributed by atoms with Crippen LogP contribution in [0.2, 0.25) is 0 Å². The first kappa shape index (κ1) is 30.0. The van der Waals surface area contributed by atoms with E-state index in [1.165, 1.54) is 30.4 Å². The van der Waals surface area contributed by atoms with Gasteiger partial charge in [0.2, 0.25) is 6.29 Å². The lowest BCUT2D eigenvalue weighted by Crippen LogP contribution is -2.47. The van der Waals surface area contributed by atoms with Gasteiger partial charge in [0.05, 0.1) is 25.1 Å². The highest BCUT2D eigenvalue weighted by Crippen LogP contribution is 2.44. The lowest BCUT2D eigenvalue weighted by molar-refractivity contribution is -0.164. The molecule has 6 atom stereocenters. The van der Waals surface area contributed by atoms with Gasteiger partial charge in [-0.1, -0.05) is 6.07 Å². The number of esters is 1. The van der Waals surface area contributed by atoms with E-state index in [9.17, 15) is 50.8 Å². The van der Waals surface area contributed by atoms with Gasteiger partial charge in [-0.3, -0.25) is 0 Å². The predicted octanol–water partition coefficient (Wildman–Crippen LogP) is 1.23. The summed E-state index contributed by atoms with van der Waals surface area (Å²) in [6.45, 7) is -1.20. The van der Waals surface area contributed by atoms with Crippen molar-refractivity contribution in [3.63, 3.8) is 0 Å². The van der Waals surface area contributed by atoms with Gasteiger partial charge in [-0.25, -0.2) is 4.79 Å². The summed E-state index contributed by atoms with van der Waals surface area (Å²) in [6.07, 6.45) is -2.42. The number of phenolic OH excluding ortho intramolecular Hbond substituents is 5. The van der Waals surface area contributed by atoms with Gasteiger partial charge in [-0.05, 0) is 41.5 Å². The Hall–Kier alpha value is -4.47. The summed E-state index contributed by atoms with van der Waals surface area (Å²) in [4.78, 5) is 12.9. The number of aliphatic hydroxyl groups excluding tert-OH is 3. The molecular formula is C29H30O14. The highest BCUT2D eigenvalue weighted by atomic mass is 16.7. The van der Waals surface area contributed by atoms with Gasteiger partial charge in [-0.2, -0.15) is 0 Å². The first-order valence-electron chi connectivity index (χ1n) is 13.1. The third-order valence-electron chi connectivity index (χ3n) is 7.39. The maximum Gasteiger partial charge on any atom is 0.331 e. The molecule has 0 amide bonds. The van der Waals surface area contributed by atoms with Crippen molar-refractivity contribution in [1.29, 1.82) is 0 Å². The minimum atomic E-state index is -1.96. The lowest BCUT2D eigenvalue weighted by atomic mass is 9.86. The van der Waals surface area contributed by atoms with Crippen LogP contribution in [0.4, 0.5) is 0 Å². The Morgan fingerprint density at radius 1 is 1.00 bits per heavy atom. The molecule has 0 spiro atoms. The summed E-state index contributed by atoms with van der Waals surface area (Å²) in [7, 11) is 0. The van der Waals surface area contributed by atoms with E-state index < -0.39 is 78.5 Å². The van der Waals surface area contributed by atoms with Crippen molar-refractivity contribution in [2.75, 3.05) is 13.2 Å². The van der Waals surface area contributed by atoms with Crippen molar-refractivity contribution in [2.45, 2.75) is 49.1 Å². The van der Waals surface area contributed by atoms with Crippen LogP contribution in [-0.4, -0.2) is 95.3 Å². The second-order valence-electron chi connectivity index (χ2n) is 10.4. The lowest BCUT2D eigenvalue weighted by Gasteiger charge is -2.40. The standard InChI is InChI=1S/C29H30O14/c30-11-29(39)12-40-28(27(29)38)43-22-9-15(31)8-21-16(22)10-23(26(42-21)14-2-3-17(32)18(33)7-14)41-24(36)4-1-13-5-19(34)25(37)20(35)6-13/h1-7,9,21,23,26-28,30-35,37-39H,8,10-12H2/b4-1+/t21?,23-,26+,27?,28?,29?/m0/s1. The largest absolute Gasteiger partial charge is 0.512 e. The number of allylic oxidation sites excluding steroid dienone is 1. The zero-order valence-corrected chi connectivity index (χ0v) is 22.4. The number of phenols is 5. The van der Waals surface area contributed by atoms with Gasteiger partial charge < -0.3 is 64.9 Å². The van der Waals surface area contributed by atoms with Crippen molar-refractivity contribution in [3.8, 4) is 28.7 Å². The number of benzene rings is 2. The third kappa shape index (κ3) is 6.04. The molecule has 2 fully saturated rings. The Morgan fingerprint density at radius 2 is 1.72 bits per heavy atom. The number of carbonyl (C=O) groups excluding carboxylic acids is 1. The number of ether oxygens (including phenoxy) is 4.